The summed E-state index contributed by atoms with van der Waals surface area (Å²) in [6.07, 6.45) is 0. The van der Waals surface area contributed by atoms with Crippen molar-refractivity contribution in [1.29, 1.82) is 0 Å². The summed E-state index contributed by atoms with van der Waals surface area (Å²) in [4.78, 5) is 17.0. The van der Waals surface area contributed by atoms with Crippen molar-refractivity contribution in [3.05, 3.63) is 70.3 Å². The number of aryl methyl sites for hydroxylation is 1. The predicted molar refractivity (Wildman–Crippen MR) is 106 cm³/mol. The van der Waals surface area contributed by atoms with Crippen molar-refractivity contribution in [2.75, 3.05) is 6.61 Å². The summed E-state index contributed by atoms with van der Waals surface area (Å²) in [6, 6.07) is 14.7. The van der Waals surface area contributed by atoms with E-state index in [1.54, 1.807) is 15.1 Å². The number of aromatic nitrogens is 6. The third-order valence-corrected chi connectivity index (χ3v) is 5.07. The van der Waals surface area contributed by atoms with E-state index in [1.807, 2.05) is 56.3 Å². The molecule has 1 aromatic carbocycles. The quantitative estimate of drug-likeness (QED) is 0.465. The Morgan fingerprint density at radius 2 is 2.00 bits per heavy atom. The summed E-state index contributed by atoms with van der Waals surface area (Å²) in [7, 11) is 0. The van der Waals surface area contributed by atoms with Gasteiger partial charge in [-0.05, 0) is 48.5 Å². The van der Waals surface area contributed by atoms with E-state index in [0.717, 1.165) is 11.4 Å². The van der Waals surface area contributed by atoms with Crippen LogP contribution in [0.5, 0.6) is 5.75 Å². The lowest BCUT2D eigenvalue weighted by Crippen LogP contribution is -2.17. The molecule has 0 saturated heterocycles. The normalized spacial score (nSPS) is 11.1. The monoisotopic (exact) mass is 394 g/mol. The maximum Gasteiger partial charge on any atom is 0.258 e. The van der Waals surface area contributed by atoms with Gasteiger partial charge in [0, 0.05) is 17.5 Å². The third-order valence-electron chi connectivity index (χ3n) is 4.12. The van der Waals surface area contributed by atoms with E-state index in [1.165, 1.54) is 11.8 Å². The van der Waals surface area contributed by atoms with E-state index >= 15 is 0 Å². The van der Waals surface area contributed by atoms with Gasteiger partial charge < -0.3 is 4.74 Å². The number of tetrazole rings is 1. The topological polar surface area (TPSA) is 87.2 Å². The van der Waals surface area contributed by atoms with Crippen LogP contribution in [0.15, 0.2) is 58.5 Å². The van der Waals surface area contributed by atoms with Crippen molar-refractivity contribution in [1.82, 2.24) is 29.6 Å². The molecule has 3 aromatic heterocycles. The number of hydrogen-bond donors (Lipinski definition) is 0. The predicted octanol–water partition coefficient (Wildman–Crippen LogP) is 2.67. The second kappa shape index (κ2) is 7.81. The molecule has 0 unspecified atom stereocenters. The lowest BCUT2D eigenvalue weighted by atomic mass is 10.3. The average Bonchev–Trinajstić information content (AvgIpc) is 3.15. The highest BCUT2D eigenvalue weighted by molar-refractivity contribution is 7.98. The summed E-state index contributed by atoms with van der Waals surface area (Å²) >= 11 is 1.41. The number of ether oxygens (including phenoxy) is 1. The standard InChI is InChI=1S/C19H18N6O2S/c1-3-27-16-9-5-4-8-15(16)25-19(21-22-23-25)28-12-14-11-18(26)24-13(2)7-6-10-17(24)20-14/h4-11H,3,12H2,1-2H3. The molecule has 3 heterocycles. The van der Waals surface area contributed by atoms with Crippen molar-refractivity contribution in [2.45, 2.75) is 24.8 Å². The SMILES string of the molecule is CCOc1ccccc1-n1nnnc1SCc1cc(=O)n2c(C)cccc2n1. The Kier molecular flexibility index (Phi) is 5.07. The zero-order valence-electron chi connectivity index (χ0n) is 15.4. The van der Waals surface area contributed by atoms with E-state index in [4.69, 9.17) is 4.74 Å². The van der Waals surface area contributed by atoms with Crippen LogP contribution in [-0.2, 0) is 5.75 Å². The molecule has 0 saturated carbocycles. The van der Waals surface area contributed by atoms with Gasteiger partial charge in [-0.15, -0.1) is 5.10 Å². The van der Waals surface area contributed by atoms with Gasteiger partial charge in [-0.2, -0.15) is 4.68 Å². The summed E-state index contributed by atoms with van der Waals surface area (Å²) in [5, 5.41) is 12.6. The highest BCUT2D eigenvalue weighted by Crippen LogP contribution is 2.27. The minimum Gasteiger partial charge on any atom is -0.492 e. The first-order valence-corrected chi connectivity index (χ1v) is 9.77. The molecule has 0 fully saturated rings. The lowest BCUT2D eigenvalue weighted by Gasteiger charge is -2.10. The Hall–Kier alpha value is -3.20. The fraction of sp³-hybridized carbons (Fsp3) is 0.211. The molecular formula is C19H18N6O2S. The molecule has 0 aliphatic carbocycles. The van der Waals surface area contributed by atoms with Gasteiger partial charge in [-0.3, -0.25) is 9.20 Å². The van der Waals surface area contributed by atoms with Gasteiger partial charge in [-0.25, -0.2) is 4.98 Å². The number of para-hydroxylation sites is 2. The number of pyridine rings is 1. The Morgan fingerprint density at radius 3 is 2.86 bits per heavy atom. The summed E-state index contributed by atoms with van der Waals surface area (Å²) in [5.74, 6) is 1.17. The van der Waals surface area contributed by atoms with Crippen molar-refractivity contribution < 1.29 is 4.74 Å². The van der Waals surface area contributed by atoms with Gasteiger partial charge in [0.2, 0.25) is 5.16 Å². The van der Waals surface area contributed by atoms with E-state index in [2.05, 4.69) is 20.5 Å². The Bertz CT molecular complexity index is 1190. The minimum atomic E-state index is -0.0972. The van der Waals surface area contributed by atoms with Crippen LogP contribution in [0.2, 0.25) is 0 Å². The molecule has 4 rings (SSSR count). The highest BCUT2D eigenvalue weighted by Gasteiger charge is 2.14. The van der Waals surface area contributed by atoms with Gasteiger partial charge in [0.05, 0.1) is 12.3 Å². The molecule has 0 radical (unpaired) electrons. The summed E-state index contributed by atoms with van der Waals surface area (Å²) in [5.41, 5.74) is 2.82. The molecule has 0 spiro atoms. The first-order chi connectivity index (χ1) is 13.7. The largest absolute Gasteiger partial charge is 0.492 e. The van der Waals surface area contributed by atoms with Gasteiger partial charge in [0.1, 0.15) is 17.1 Å². The molecular weight excluding hydrogens is 376 g/mol. The summed E-state index contributed by atoms with van der Waals surface area (Å²) in [6.45, 7) is 4.36. The van der Waals surface area contributed by atoms with E-state index in [9.17, 15) is 4.79 Å². The van der Waals surface area contributed by atoms with Gasteiger partial charge in [0.25, 0.3) is 5.56 Å². The molecule has 0 aliphatic heterocycles. The fourth-order valence-corrected chi connectivity index (χ4v) is 3.68. The van der Waals surface area contributed by atoms with Crippen LogP contribution in [-0.4, -0.2) is 36.2 Å². The van der Waals surface area contributed by atoms with Crippen LogP contribution < -0.4 is 10.3 Å². The molecule has 142 valence electrons. The molecule has 0 N–H and O–H groups in total. The highest BCUT2D eigenvalue weighted by atomic mass is 32.2. The molecule has 0 atom stereocenters. The van der Waals surface area contributed by atoms with Crippen molar-refractivity contribution in [3.8, 4) is 11.4 Å². The Morgan fingerprint density at radius 1 is 1.14 bits per heavy atom. The van der Waals surface area contributed by atoms with Gasteiger partial charge in [0.15, 0.2) is 0 Å². The number of thioether (sulfide) groups is 1. The molecule has 28 heavy (non-hydrogen) atoms. The molecule has 8 nitrogen and oxygen atoms in total. The van der Waals surface area contributed by atoms with Crippen LogP contribution in [0.4, 0.5) is 0 Å². The van der Waals surface area contributed by atoms with E-state index in [0.29, 0.717) is 34.6 Å². The van der Waals surface area contributed by atoms with Crippen LogP contribution in [0.25, 0.3) is 11.3 Å². The molecule has 0 bridgehead atoms. The zero-order valence-corrected chi connectivity index (χ0v) is 16.3. The van der Waals surface area contributed by atoms with Crippen LogP contribution in [0, 0.1) is 6.92 Å². The molecule has 4 aromatic rings. The second-order valence-electron chi connectivity index (χ2n) is 6.01. The zero-order chi connectivity index (χ0) is 19.5. The molecule has 0 aliphatic rings. The fourth-order valence-electron chi connectivity index (χ4n) is 2.91. The third kappa shape index (κ3) is 3.48. The van der Waals surface area contributed by atoms with Crippen molar-refractivity contribution in [2.24, 2.45) is 0 Å². The van der Waals surface area contributed by atoms with E-state index in [-0.39, 0.29) is 5.56 Å². The Labute approximate surface area is 165 Å². The lowest BCUT2D eigenvalue weighted by molar-refractivity contribution is 0.337. The smallest absolute Gasteiger partial charge is 0.258 e. The van der Waals surface area contributed by atoms with Crippen molar-refractivity contribution >= 4 is 17.4 Å². The molecule has 9 heteroatoms. The number of nitrogens with zero attached hydrogens (tertiary/aromatic N) is 6. The van der Waals surface area contributed by atoms with Crippen molar-refractivity contribution in [3.63, 3.8) is 0 Å². The maximum absolute atomic E-state index is 12.4. The van der Waals surface area contributed by atoms with Gasteiger partial charge >= 0.3 is 0 Å². The second-order valence-corrected chi connectivity index (χ2v) is 6.95. The Balaban J connectivity index is 1.62. The number of fused-ring (bicyclic) bond motifs is 1. The van der Waals surface area contributed by atoms with Crippen LogP contribution in [0.1, 0.15) is 18.3 Å². The number of rotatable bonds is 6. The van der Waals surface area contributed by atoms with Crippen LogP contribution >= 0.6 is 11.8 Å². The first kappa shape index (κ1) is 18.2. The average molecular weight is 394 g/mol. The van der Waals surface area contributed by atoms with E-state index < -0.39 is 0 Å². The minimum absolute atomic E-state index is 0.0972. The first-order valence-electron chi connectivity index (χ1n) is 8.79. The maximum atomic E-state index is 12.4. The van der Waals surface area contributed by atoms with Gasteiger partial charge in [-0.1, -0.05) is 30.0 Å². The number of benzene rings is 1. The van der Waals surface area contributed by atoms with Crippen LogP contribution in [0.3, 0.4) is 0 Å². The molecule has 0 amide bonds. The summed E-state index contributed by atoms with van der Waals surface area (Å²) < 4.78 is 8.90. The number of hydrogen-bond acceptors (Lipinski definition) is 7.